The predicted molar refractivity (Wildman–Crippen MR) is 77.9 cm³/mol. The van der Waals surface area contributed by atoms with Gasteiger partial charge in [-0.15, -0.1) is 0 Å². The molecule has 0 bridgehead atoms. The zero-order valence-corrected chi connectivity index (χ0v) is 12.7. The second-order valence-corrected chi connectivity index (χ2v) is 4.70. The number of carbonyl (C=O) groups is 2. The van der Waals surface area contributed by atoms with Crippen LogP contribution in [0.5, 0.6) is 5.75 Å². The molecule has 6 heteroatoms. The highest BCUT2D eigenvalue weighted by Crippen LogP contribution is 2.33. The quantitative estimate of drug-likeness (QED) is 0.774. The molecule has 0 saturated heterocycles. The van der Waals surface area contributed by atoms with Crippen molar-refractivity contribution in [1.82, 2.24) is 0 Å². The maximum absolute atomic E-state index is 11.8. The number of hydrogen-bond donors (Lipinski definition) is 1. The summed E-state index contributed by atoms with van der Waals surface area (Å²) in [6.45, 7) is 3.71. The third kappa shape index (κ3) is 4.48. The summed E-state index contributed by atoms with van der Waals surface area (Å²) in [5.74, 6) is -1.11. The fourth-order valence-electron chi connectivity index (χ4n) is 2.11. The zero-order valence-electron chi connectivity index (χ0n) is 12.7. The summed E-state index contributed by atoms with van der Waals surface area (Å²) in [7, 11) is 0. The van der Waals surface area contributed by atoms with Crippen LogP contribution in [0.1, 0.15) is 32.3 Å². The van der Waals surface area contributed by atoms with Crippen molar-refractivity contribution in [3.8, 4) is 11.8 Å². The van der Waals surface area contributed by atoms with Gasteiger partial charge in [-0.25, -0.2) is 0 Å². The van der Waals surface area contributed by atoms with E-state index in [-0.39, 0.29) is 31.8 Å². The average molecular weight is 305 g/mol. The van der Waals surface area contributed by atoms with Gasteiger partial charge in [0.1, 0.15) is 11.2 Å². The molecule has 0 spiro atoms. The fourth-order valence-corrected chi connectivity index (χ4v) is 2.11. The lowest BCUT2D eigenvalue weighted by Crippen LogP contribution is -2.32. The molecular formula is C16H19NO5. The minimum Gasteiger partial charge on any atom is -0.508 e. The van der Waals surface area contributed by atoms with Gasteiger partial charge in [-0.05, 0) is 31.5 Å². The number of esters is 2. The van der Waals surface area contributed by atoms with Crippen molar-refractivity contribution >= 4 is 11.9 Å². The molecule has 0 saturated carbocycles. The lowest BCUT2D eigenvalue weighted by atomic mass is 9.76. The molecule has 0 fully saturated rings. The Bertz CT molecular complexity index is 539. The molecule has 0 aromatic heterocycles. The Balaban J connectivity index is 3.16. The van der Waals surface area contributed by atoms with Crippen molar-refractivity contribution in [3.05, 3.63) is 29.8 Å². The number of hydrogen-bond acceptors (Lipinski definition) is 6. The molecule has 0 aliphatic heterocycles. The molecule has 118 valence electrons. The van der Waals surface area contributed by atoms with Crippen LogP contribution in [0.15, 0.2) is 24.3 Å². The Morgan fingerprint density at radius 1 is 1.09 bits per heavy atom. The van der Waals surface area contributed by atoms with E-state index in [4.69, 9.17) is 9.47 Å². The number of nitriles is 1. The topological polar surface area (TPSA) is 96.6 Å². The highest BCUT2D eigenvalue weighted by atomic mass is 16.5. The van der Waals surface area contributed by atoms with Gasteiger partial charge in [0.2, 0.25) is 0 Å². The average Bonchev–Trinajstić information content (AvgIpc) is 2.47. The molecule has 22 heavy (non-hydrogen) atoms. The summed E-state index contributed by atoms with van der Waals surface area (Å²) in [6.07, 6.45) is -0.526. The number of rotatable bonds is 7. The molecule has 0 radical (unpaired) electrons. The highest BCUT2D eigenvalue weighted by molar-refractivity contribution is 5.77. The fraction of sp³-hybridized carbons (Fsp3) is 0.438. The van der Waals surface area contributed by atoms with E-state index in [2.05, 4.69) is 0 Å². The number of aromatic hydroxyl groups is 1. The number of phenols is 1. The number of phenolic OH excluding ortho intramolecular Hbond substituents is 1. The first-order chi connectivity index (χ1) is 10.5. The molecule has 1 rings (SSSR count). The lowest BCUT2D eigenvalue weighted by Gasteiger charge is -2.25. The number of carbonyl (C=O) groups excluding carboxylic acids is 2. The standard InChI is InChI=1S/C16H19NO5/c1-3-21-14(19)9-16(11-17,10-15(20)22-4-2)12-5-7-13(18)8-6-12/h5-8,18H,3-4,9-10H2,1-2H3. The van der Waals surface area contributed by atoms with Gasteiger partial charge in [-0.3, -0.25) is 9.59 Å². The Hall–Kier alpha value is -2.55. The molecule has 0 amide bonds. The maximum Gasteiger partial charge on any atom is 0.307 e. The van der Waals surface area contributed by atoms with E-state index >= 15 is 0 Å². The van der Waals surface area contributed by atoms with Gasteiger partial charge in [-0.1, -0.05) is 12.1 Å². The number of nitrogens with zero attached hydrogens (tertiary/aromatic N) is 1. The van der Waals surface area contributed by atoms with Gasteiger partial charge in [0.25, 0.3) is 0 Å². The van der Waals surface area contributed by atoms with E-state index in [9.17, 15) is 20.0 Å². The van der Waals surface area contributed by atoms with E-state index in [1.807, 2.05) is 6.07 Å². The van der Waals surface area contributed by atoms with Gasteiger partial charge in [0.05, 0.1) is 32.1 Å². The Morgan fingerprint density at radius 2 is 1.55 bits per heavy atom. The summed E-state index contributed by atoms with van der Waals surface area (Å²) in [6, 6.07) is 7.87. The Labute approximate surface area is 129 Å². The van der Waals surface area contributed by atoms with Crippen molar-refractivity contribution in [1.29, 1.82) is 5.26 Å². The predicted octanol–water partition coefficient (Wildman–Crippen LogP) is 2.06. The van der Waals surface area contributed by atoms with Gasteiger partial charge >= 0.3 is 11.9 Å². The minimum atomic E-state index is -1.38. The molecule has 1 aromatic rings. The summed E-state index contributed by atoms with van der Waals surface area (Å²) in [5, 5.41) is 19.0. The van der Waals surface area contributed by atoms with Crippen LogP contribution in [0.3, 0.4) is 0 Å². The SMILES string of the molecule is CCOC(=O)CC(C#N)(CC(=O)OCC)c1ccc(O)cc1. The number of benzene rings is 1. The normalized spacial score (nSPS) is 10.6. The summed E-state index contributed by atoms with van der Waals surface area (Å²) in [4.78, 5) is 23.6. The van der Waals surface area contributed by atoms with Crippen LogP contribution in [0.4, 0.5) is 0 Å². The van der Waals surface area contributed by atoms with E-state index in [1.165, 1.54) is 24.3 Å². The lowest BCUT2D eigenvalue weighted by molar-refractivity contribution is -0.146. The first kappa shape index (κ1) is 17.5. The summed E-state index contributed by atoms with van der Waals surface area (Å²) >= 11 is 0. The van der Waals surface area contributed by atoms with Crippen LogP contribution in [-0.4, -0.2) is 30.3 Å². The zero-order chi connectivity index (χ0) is 16.6. The molecular weight excluding hydrogens is 286 g/mol. The second-order valence-electron chi connectivity index (χ2n) is 4.70. The Morgan fingerprint density at radius 3 is 1.91 bits per heavy atom. The van der Waals surface area contributed by atoms with Gasteiger partial charge in [-0.2, -0.15) is 5.26 Å². The highest BCUT2D eigenvalue weighted by Gasteiger charge is 2.38. The van der Waals surface area contributed by atoms with E-state index in [0.717, 1.165) is 0 Å². The van der Waals surface area contributed by atoms with E-state index in [1.54, 1.807) is 13.8 Å². The number of ether oxygens (including phenoxy) is 2. The van der Waals surface area contributed by atoms with Crippen molar-refractivity contribution < 1.29 is 24.2 Å². The van der Waals surface area contributed by atoms with E-state index < -0.39 is 17.4 Å². The van der Waals surface area contributed by atoms with E-state index in [0.29, 0.717) is 5.56 Å². The second kappa shape index (κ2) is 8.03. The minimum absolute atomic E-state index is 0.0304. The van der Waals surface area contributed by atoms with Gasteiger partial charge in [0, 0.05) is 0 Å². The molecule has 0 aliphatic rings. The van der Waals surface area contributed by atoms with Crippen molar-refractivity contribution in [2.75, 3.05) is 13.2 Å². The van der Waals surface area contributed by atoms with Crippen LogP contribution >= 0.6 is 0 Å². The molecule has 1 N–H and O–H groups in total. The third-order valence-electron chi connectivity index (χ3n) is 3.14. The smallest absolute Gasteiger partial charge is 0.307 e. The largest absolute Gasteiger partial charge is 0.508 e. The van der Waals surface area contributed by atoms with Crippen LogP contribution in [0.25, 0.3) is 0 Å². The van der Waals surface area contributed by atoms with Gasteiger partial charge in [0.15, 0.2) is 0 Å². The molecule has 0 unspecified atom stereocenters. The Kier molecular flexibility index (Phi) is 6.39. The molecule has 6 nitrogen and oxygen atoms in total. The first-order valence-electron chi connectivity index (χ1n) is 6.99. The monoisotopic (exact) mass is 305 g/mol. The van der Waals surface area contributed by atoms with Crippen LogP contribution < -0.4 is 0 Å². The molecule has 0 atom stereocenters. The molecule has 1 aromatic carbocycles. The van der Waals surface area contributed by atoms with Crippen molar-refractivity contribution in [3.63, 3.8) is 0 Å². The first-order valence-corrected chi connectivity index (χ1v) is 6.99. The molecule has 0 heterocycles. The van der Waals surface area contributed by atoms with Crippen LogP contribution in [0, 0.1) is 11.3 Å². The van der Waals surface area contributed by atoms with Crippen molar-refractivity contribution in [2.24, 2.45) is 0 Å². The van der Waals surface area contributed by atoms with Crippen LogP contribution in [-0.2, 0) is 24.5 Å². The molecule has 0 aliphatic carbocycles. The summed E-state index contributed by atoms with van der Waals surface area (Å²) in [5.41, 5.74) is -0.930. The maximum atomic E-state index is 11.8. The summed E-state index contributed by atoms with van der Waals surface area (Å²) < 4.78 is 9.79. The third-order valence-corrected chi connectivity index (χ3v) is 3.14. The van der Waals surface area contributed by atoms with Crippen molar-refractivity contribution in [2.45, 2.75) is 32.1 Å². The van der Waals surface area contributed by atoms with Gasteiger partial charge < -0.3 is 14.6 Å². The van der Waals surface area contributed by atoms with Crippen LogP contribution in [0.2, 0.25) is 0 Å².